The van der Waals surface area contributed by atoms with E-state index in [9.17, 15) is 4.79 Å². The van der Waals surface area contributed by atoms with Crippen LogP contribution in [-0.2, 0) is 11.3 Å². The molecule has 2 N–H and O–H groups in total. The Kier molecular flexibility index (Phi) is 5.45. The van der Waals surface area contributed by atoms with Gasteiger partial charge in [-0.3, -0.25) is 0 Å². The topological polar surface area (TPSA) is 70.0 Å². The molecule has 1 aromatic carbocycles. The largest absolute Gasteiger partial charge is 0.445 e. The third-order valence-corrected chi connectivity index (χ3v) is 2.21. The third kappa shape index (κ3) is 4.84. The number of carbonyl (C=O) groups excluding carboxylic acids is 1. The minimum absolute atomic E-state index is 0.0458. The molecule has 94 valence electrons. The monoisotopic (exact) mass is 239 g/mol. The van der Waals surface area contributed by atoms with Crippen LogP contribution in [-0.4, -0.2) is 47.5 Å². The van der Waals surface area contributed by atoms with E-state index in [1.807, 2.05) is 30.3 Å². The summed E-state index contributed by atoms with van der Waals surface area (Å²) in [7, 11) is 1.51. The van der Waals surface area contributed by atoms with Gasteiger partial charge in [-0.2, -0.15) is 0 Å². The van der Waals surface area contributed by atoms with E-state index < -0.39 is 12.2 Å². The SMILES string of the molecule is CN(C[C@H](O)CO)C(=O)OCc1ccccc1. The van der Waals surface area contributed by atoms with Crippen LogP contribution >= 0.6 is 0 Å². The normalized spacial score (nSPS) is 11.9. The van der Waals surface area contributed by atoms with Gasteiger partial charge in [0.1, 0.15) is 6.61 Å². The second kappa shape index (κ2) is 6.88. The molecule has 0 aromatic heterocycles. The van der Waals surface area contributed by atoms with Gasteiger partial charge in [-0.15, -0.1) is 0 Å². The molecule has 17 heavy (non-hydrogen) atoms. The molecule has 5 heteroatoms. The lowest BCUT2D eigenvalue weighted by Crippen LogP contribution is -2.36. The van der Waals surface area contributed by atoms with E-state index in [0.29, 0.717) is 0 Å². The molecule has 1 aromatic rings. The van der Waals surface area contributed by atoms with Gasteiger partial charge in [0, 0.05) is 7.05 Å². The summed E-state index contributed by atoms with van der Waals surface area (Å²) in [6.45, 7) is -0.139. The predicted octanol–water partition coefficient (Wildman–Crippen LogP) is 0.608. The number of aliphatic hydroxyl groups is 2. The van der Waals surface area contributed by atoms with E-state index in [-0.39, 0.29) is 19.8 Å². The van der Waals surface area contributed by atoms with Crippen molar-refractivity contribution in [3.05, 3.63) is 35.9 Å². The zero-order valence-electron chi connectivity index (χ0n) is 9.74. The highest BCUT2D eigenvalue weighted by atomic mass is 16.6. The summed E-state index contributed by atoms with van der Waals surface area (Å²) in [6.07, 6.45) is -1.47. The van der Waals surface area contributed by atoms with Gasteiger partial charge < -0.3 is 19.8 Å². The summed E-state index contributed by atoms with van der Waals surface area (Å²) in [4.78, 5) is 12.7. The van der Waals surface area contributed by atoms with E-state index in [0.717, 1.165) is 5.56 Å². The fraction of sp³-hybridized carbons (Fsp3) is 0.417. The van der Waals surface area contributed by atoms with Crippen molar-refractivity contribution in [3.8, 4) is 0 Å². The molecule has 5 nitrogen and oxygen atoms in total. The molecular formula is C12H17NO4. The number of nitrogens with zero attached hydrogens (tertiary/aromatic N) is 1. The summed E-state index contributed by atoms with van der Waals surface area (Å²) in [5.41, 5.74) is 0.900. The molecule has 0 saturated heterocycles. The molecule has 0 fully saturated rings. The highest BCUT2D eigenvalue weighted by molar-refractivity contribution is 5.67. The molecule has 1 atom stereocenters. The van der Waals surface area contributed by atoms with Crippen molar-refractivity contribution in [1.82, 2.24) is 4.90 Å². The van der Waals surface area contributed by atoms with E-state index >= 15 is 0 Å². The number of ether oxygens (including phenoxy) is 1. The van der Waals surface area contributed by atoms with Crippen LogP contribution in [0, 0.1) is 0 Å². The summed E-state index contributed by atoms with van der Waals surface area (Å²) < 4.78 is 5.03. The van der Waals surface area contributed by atoms with Crippen molar-refractivity contribution in [2.45, 2.75) is 12.7 Å². The molecule has 0 unspecified atom stereocenters. The van der Waals surface area contributed by atoms with Crippen LogP contribution in [0.25, 0.3) is 0 Å². The minimum Gasteiger partial charge on any atom is -0.445 e. The van der Waals surface area contributed by atoms with Crippen LogP contribution in [0.3, 0.4) is 0 Å². The fourth-order valence-electron chi connectivity index (χ4n) is 1.28. The maximum atomic E-state index is 11.5. The van der Waals surface area contributed by atoms with E-state index in [2.05, 4.69) is 0 Å². The summed E-state index contributed by atoms with van der Waals surface area (Å²) >= 11 is 0. The Morgan fingerprint density at radius 3 is 2.65 bits per heavy atom. The standard InChI is InChI=1S/C12H17NO4/c1-13(7-11(15)8-14)12(16)17-9-10-5-3-2-4-6-10/h2-6,11,14-15H,7-9H2,1H3/t11-/m0/s1. The average molecular weight is 239 g/mol. The van der Waals surface area contributed by atoms with Crippen LogP contribution in [0.4, 0.5) is 4.79 Å². The van der Waals surface area contributed by atoms with Crippen LogP contribution in [0.2, 0.25) is 0 Å². The average Bonchev–Trinajstić information content (AvgIpc) is 2.36. The Hall–Kier alpha value is -1.59. The van der Waals surface area contributed by atoms with Gasteiger partial charge in [-0.05, 0) is 5.56 Å². The minimum atomic E-state index is -0.940. The lowest BCUT2D eigenvalue weighted by Gasteiger charge is -2.19. The lowest BCUT2D eigenvalue weighted by molar-refractivity contribution is 0.0523. The van der Waals surface area contributed by atoms with Gasteiger partial charge >= 0.3 is 6.09 Å². The second-order valence-electron chi connectivity index (χ2n) is 3.76. The van der Waals surface area contributed by atoms with Crippen molar-refractivity contribution in [2.75, 3.05) is 20.2 Å². The van der Waals surface area contributed by atoms with Crippen molar-refractivity contribution >= 4 is 6.09 Å². The molecule has 0 aliphatic carbocycles. The fourth-order valence-corrected chi connectivity index (χ4v) is 1.28. The zero-order valence-corrected chi connectivity index (χ0v) is 9.74. The molecule has 1 amide bonds. The number of hydrogen-bond acceptors (Lipinski definition) is 4. The summed E-state index contributed by atoms with van der Waals surface area (Å²) in [5.74, 6) is 0. The molecular weight excluding hydrogens is 222 g/mol. The first-order valence-electron chi connectivity index (χ1n) is 5.34. The lowest BCUT2D eigenvalue weighted by atomic mass is 10.2. The first-order valence-corrected chi connectivity index (χ1v) is 5.34. The van der Waals surface area contributed by atoms with E-state index in [1.165, 1.54) is 11.9 Å². The molecule has 0 bridgehead atoms. The number of amides is 1. The van der Waals surface area contributed by atoms with Gasteiger partial charge in [0.2, 0.25) is 0 Å². The molecule has 0 aliphatic heterocycles. The maximum absolute atomic E-state index is 11.5. The number of benzene rings is 1. The molecule has 1 rings (SSSR count). The second-order valence-corrected chi connectivity index (χ2v) is 3.76. The molecule has 0 radical (unpaired) electrons. The highest BCUT2D eigenvalue weighted by Crippen LogP contribution is 2.02. The molecule has 0 heterocycles. The Morgan fingerprint density at radius 1 is 1.41 bits per heavy atom. The molecule has 0 saturated carbocycles. The Balaban J connectivity index is 2.34. The van der Waals surface area contributed by atoms with Crippen LogP contribution in [0.15, 0.2) is 30.3 Å². The Morgan fingerprint density at radius 2 is 2.06 bits per heavy atom. The van der Waals surface area contributed by atoms with Gasteiger partial charge in [0.05, 0.1) is 19.3 Å². The molecule has 0 aliphatic rings. The van der Waals surface area contributed by atoms with Gasteiger partial charge in [-0.25, -0.2) is 4.79 Å². The summed E-state index contributed by atoms with van der Waals surface area (Å²) in [5, 5.41) is 17.8. The van der Waals surface area contributed by atoms with Gasteiger partial charge in [-0.1, -0.05) is 30.3 Å². The van der Waals surface area contributed by atoms with Crippen LogP contribution < -0.4 is 0 Å². The van der Waals surface area contributed by atoms with Crippen LogP contribution in [0.5, 0.6) is 0 Å². The summed E-state index contributed by atoms with van der Waals surface area (Å²) in [6, 6.07) is 9.32. The Labute approximate surface area is 100 Å². The van der Waals surface area contributed by atoms with E-state index in [4.69, 9.17) is 14.9 Å². The van der Waals surface area contributed by atoms with Crippen molar-refractivity contribution < 1.29 is 19.7 Å². The van der Waals surface area contributed by atoms with Crippen LogP contribution in [0.1, 0.15) is 5.56 Å². The van der Waals surface area contributed by atoms with Crippen molar-refractivity contribution in [2.24, 2.45) is 0 Å². The first-order chi connectivity index (χ1) is 8.13. The zero-order chi connectivity index (χ0) is 12.7. The number of likely N-dealkylation sites (N-methyl/N-ethyl adjacent to an activating group) is 1. The van der Waals surface area contributed by atoms with Gasteiger partial charge in [0.15, 0.2) is 0 Å². The predicted molar refractivity (Wildman–Crippen MR) is 62.3 cm³/mol. The number of rotatable bonds is 5. The quantitative estimate of drug-likeness (QED) is 0.789. The smallest absolute Gasteiger partial charge is 0.409 e. The number of aliphatic hydroxyl groups excluding tert-OH is 2. The van der Waals surface area contributed by atoms with Crippen molar-refractivity contribution in [1.29, 1.82) is 0 Å². The number of hydrogen-bond donors (Lipinski definition) is 2. The first kappa shape index (κ1) is 13.5. The van der Waals surface area contributed by atoms with Crippen molar-refractivity contribution in [3.63, 3.8) is 0 Å². The third-order valence-electron chi connectivity index (χ3n) is 2.21. The maximum Gasteiger partial charge on any atom is 0.409 e. The Bertz CT molecular complexity index is 342. The molecule has 0 spiro atoms. The van der Waals surface area contributed by atoms with Gasteiger partial charge in [0.25, 0.3) is 0 Å². The highest BCUT2D eigenvalue weighted by Gasteiger charge is 2.13. The van der Waals surface area contributed by atoms with E-state index in [1.54, 1.807) is 0 Å². The number of carbonyl (C=O) groups is 1.